The van der Waals surface area contributed by atoms with Crippen LogP contribution in [0.15, 0.2) is 78.9 Å². The van der Waals surface area contributed by atoms with Crippen LogP contribution in [0.3, 0.4) is 0 Å². The van der Waals surface area contributed by atoms with E-state index in [0.717, 1.165) is 23.1 Å². The van der Waals surface area contributed by atoms with Crippen molar-refractivity contribution in [1.29, 1.82) is 0 Å². The highest BCUT2D eigenvalue weighted by Crippen LogP contribution is 2.46. The SMILES string of the molecule is CCC(c1ccccc1)(c1ccccc1)c1cc(O)ccc1O. The van der Waals surface area contributed by atoms with Gasteiger partial charge in [-0.15, -0.1) is 0 Å². The van der Waals surface area contributed by atoms with Crippen molar-refractivity contribution < 1.29 is 10.2 Å². The molecule has 2 N–H and O–H groups in total. The molecule has 0 atom stereocenters. The average molecular weight is 304 g/mol. The Hall–Kier alpha value is -2.74. The Morgan fingerprint density at radius 2 is 1.26 bits per heavy atom. The van der Waals surface area contributed by atoms with Gasteiger partial charge in [0.1, 0.15) is 11.5 Å². The third kappa shape index (κ3) is 2.57. The van der Waals surface area contributed by atoms with Gasteiger partial charge in [0.2, 0.25) is 0 Å². The van der Waals surface area contributed by atoms with E-state index in [9.17, 15) is 10.2 Å². The lowest BCUT2D eigenvalue weighted by molar-refractivity contribution is 0.438. The highest BCUT2D eigenvalue weighted by Gasteiger charge is 2.36. The van der Waals surface area contributed by atoms with Crippen LogP contribution in [0.5, 0.6) is 11.5 Å². The van der Waals surface area contributed by atoms with Crippen molar-refractivity contribution in [3.05, 3.63) is 95.6 Å². The zero-order chi connectivity index (χ0) is 16.3. The molecule has 2 nitrogen and oxygen atoms in total. The molecule has 0 bridgehead atoms. The molecule has 0 unspecified atom stereocenters. The van der Waals surface area contributed by atoms with Crippen molar-refractivity contribution in [3.8, 4) is 11.5 Å². The third-order valence-electron chi connectivity index (χ3n) is 4.50. The van der Waals surface area contributed by atoms with Crippen molar-refractivity contribution in [3.63, 3.8) is 0 Å². The molecule has 23 heavy (non-hydrogen) atoms. The fraction of sp³-hybridized carbons (Fsp3) is 0.143. The van der Waals surface area contributed by atoms with Crippen molar-refractivity contribution in [1.82, 2.24) is 0 Å². The number of rotatable bonds is 4. The van der Waals surface area contributed by atoms with Gasteiger partial charge >= 0.3 is 0 Å². The maximum Gasteiger partial charge on any atom is 0.120 e. The molecule has 0 aromatic heterocycles. The molecule has 116 valence electrons. The van der Waals surface area contributed by atoms with Crippen LogP contribution in [0, 0.1) is 0 Å². The maximum atomic E-state index is 10.5. The summed E-state index contributed by atoms with van der Waals surface area (Å²) in [4.78, 5) is 0. The summed E-state index contributed by atoms with van der Waals surface area (Å²) < 4.78 is 0. The number of phenols is 2. The summed E-state index contributed by atoms with van der Waals surface area (Å²) in [5.74, 6) is 0.347. The lowest BCUT2D eigenvalue weighted by Crippen LogP contribution is -2.28. The molecular formula is C21H20O2. The first-order valence-electron chi connectivity index (χ1n) is 7.82. The van der Waals surface area contributed by atoms with E-state index in [2.05, 4.69) is 31.2 Å². The minimum Gasteiger partial charge on any atom is -0.508 e. The monoisotopic (exact) mass is 304 g/mol. The first-order chi connectivity index (χ1) is 11.2. The smallest absolute Gasteiger partial charge is 0.120 e. The molecule has 0 saturated carbocycles. The Labute approximate surface area is 136 Å². The van der Waals surface area contributed by atoms with Gasteiger partial charge in [0.15, 0.2) is 0 Å². The zero-order valence-electron chi connectivity index (χ0n) is 13.1. The molecule has 3 aromatic rings. The summed E-state index contributed by atoms with van der Waals surface area (Å²) >= 11 is 0. The molecule has 0 spiro atoms. The second-order valence-electron chi connectivity index (χ2n) is 5.69. The summed E-state index contributed by atoms with van der Waals surface area (Å²) in [7, 11) is 0. The van der Waals surface area contributed by atoms with Crippen molar-refractivity contribution in [2.24, 2.45) is 0 Å². The van der Waals surface area contributed by atoms with Gasteiger partial charge in [0, 0.05) is 11.0 Å². The number of benzene rings is 3. The highest BCUT2D eigenvalue weighted by molar-refractivity contribution is 5.56. The minimum absolute atomic E-state index is 0.155. The highest BCUT2D eigenvalue weighted by atomic mass is 16.3. The fourth-order valence-corrected chi connectivity index (χ4v) is 3.39. The van der Waals surface area contributed by atoms with Crippen LogP contribution in [0.25, 0.3) is 0 Å². The van der Waals surface area contributed by atoms with Crippen LogP contribution in [-0.2, 0) is 5.41 Å². The first-order valence-corrected chi connectivity index (χ1v) is 7.82. The van der Waals surface area contributed by atoms with E-state index in [-0.39, 0.29) is 11.5 Å². The standard InChI is InChI=1S/C21H20O2/c1-2-21(16-9-5-3-6-10-16,17-11-7-4-8-12-17)19-15-18(22)13-14-20(19)23/h3-15,22-23H,2H2,1H3. The van der Waals surface area contributed by atoms with Gasteiger partial charge in [-0.25, -0.2) is 0 Å². The van der Waals surface area contributed by atoms with Gasteiger partial charge in [0.25, 0.3) is 0 Å². The number of hydrogen-bond acceptors (Lipinski definition) is 2. The van der Waals surface area contributed by atoms with Gasteiger partial charge in [-0.05, 0) is 35.7 Å². The van der Waals surface area contributed by atoms with Crippen molar-refractivity contribution >= 4 is 0 Å². The molecule has 0 amide bonds. The molecule has 3 rings (SSSR count). The number of phenolic OH excluding ortho intramolecular Hbond substituents is 2. The summed E-state index contributed by atoms with van der Waals surface area (Å²) in [6, 6.07) is 25.0. The molecule has 0 heterocycles. The molecule has 0 aliphatic rings. The van der Waals surface area contributed by atoms with Gasteiger partial charge in [-0.1, -0.05) is 67.6 Å². The van der Waals surface area contributed by atoms with Gasteiger partial charge in [-0.2, -0.15) is 0 Å². The molecule has 3 aromatic carbocycles. The molecule has 0 aliphatic carbocycles. The Balaban J connectivity index is 2.36. The topological polar surface area (TPSA) is 40.5 Å². The zero-order valence-corrected chi connectivity index (χ0v) is 13.1. The summed E-state index contributed by atoms with van der Waals surface area (Å²) in [5, 5.41) is 20.5. The van der Waals surface area contributed by atoms with E-state index in [4.69, 9.17) is 0 Å². The third-order valence-corrected chi connectivity index (χ3v) is 4.50. The van der Waals surface area contributed by atoms with Crippen LogP contribution < -0.4 is 0 Å². The van der Waals surface area contributed by atoms with Crippen LogP contribution in [0.4, 0.5) is 0 Å². The van der Waals surface area contributed by atoms with E-state index in [1.807, 2.05) is 36.4 Å². The average Bonchev–Trinajstić information content (AvgIpc) is 2.61. The Morgan fingerprint density at radius 3 is 1.74 bits per heavy atom. The molecule has 0 fully saturated rings. The lowest BCUT2D eigenvalue weighted by Gasteiger charge is -2.35. The lowest BCUT2D eigenvalue weighted by atomic mass is 9.67. The van der Waals surface area contributed by atoms with E-state index < -0.39 is 5.41 Å². The molecular weight excluding hydrogens is 284 g/mol. The minimum atomic E-state index is -0.509. The molecule has 0 radical (unpaired) electrons. The maximum absolute atomic E-state index is 10.5. The van der Waals surface area contributed by atoms with Crippen molar-refractivity contribution in [2.45, 2.75) is 18.8 Å². The van der Waals surface area contributed by atoms with Crippen LogP contribution in [-0.4, -0.2) is 10.2 Å². The number of hydrogen-bond donors (Lipinski definition) is 2. The Kier molecular flexibility index (Phi) is 4.07. The summed E-state index contributed by atoms with van der Waals surface area (Å²) in [6.07, 6.45) is 0.762. The van der Waals surface area contributed by atoms with Crippen LogP contribution in [0.2, 0.25) is 0 Å². The van der Waals surface area contributed by atoms with Crippen LogP contribution in [0.1, 0.15) is 30.0 Å². The molecule has 0 saturated heterocycles. The van der Waals surface area contributed by atoms with E-state index >= 15 is 0 Å². The van der Waals surface area contributed by atoms with Crippen LogP contribution >= 0.6 is 0 Å². The number of aromatic hydroxyl groups is 2. The van der Waals surface area contributed by atoms with E-state index in [1.54, 1.807) is 12.1 Å². The fourth-order valence-electron chi connectivity index (χ4n) is 3.39. The molecule has 2 heteroatoms. The largest absolute Gasteiger partial charge is 0.508 e. The van der Waals surface area contributed by atoms with Gasteiger partial charge in [0.05, 0.1) is 0 Å². The predicted octanol–water partition coefficient (Wildman–Crippen LogP) is 4.84. The van der Waals surface area contributed by atoms with E-state index in [1.165, 1.54) is 6.07 Å². The second kappa shape index (κ2) is 6.17. The predicted molar refractivity (Wildman–Crippen MR) is 92.8 cm³/mol. The molecule has 0 aliphatic heterocycles. The van der Waals surface area contributed by atoms with Gasteiger partial charge < -0.3 is 10.2 Å². The second-order valence-corrected chi connectivity index (χ2v) is 5.69. The Morgan fingerprint density at radius 1 is 0.739 bits per heavy atom. The first kappa shape index (κ1) is 15.2. The quantitative estimate of drug-likeness (QED) is 0.535. The van der Waals surface area contributed by atoms with Gasteiger partial charge in [-0.3, -0.25) is 0 Å². The summed E-state index contributed by atoms with van der Waals surface area (Å²) in [5.41, 5.74) is 2.40. The normalized spacial score (nSPS) is 11.3. The van der Waals surface area contributed by atoms with E-state index in [0.29, 0.717) is 0 Å². The summed E-state index contributed by atoms with van der Waals surface area (Å²) in [6.45, 7) is 2.10. The Bertz CT molecular complexity index is 740. The van der Waals surface area contributed by atoms with Crippen molar-refractivity contribution in [2.75, 3.05) is 0 Å².